The van der Waals surface area contributed by atoms with Gasteiger partial charge in [-0.25, -0.2) is 4.98 Å². The van der Waals surface area contributed by atoms with Crippen LogP contribution in [-0.4, -0.2) is 12.1 Å². The van der Waals surface area contributed by atoms with Gasteiger partial charge in [0.2, 0.25) is 0 Å². The van der Waals surface area contributed by atoms with E-state index in [1.54, 1.807) is 18.4 Å². The number of hydrogen-bond donors (Lipinski definition) is 1. The number of hydrogen-bond acceptors (Lipinski definition) is 4. The van der Waals surface area contributed by atoms with Gasteiger partial charge in [-0.3, -0.25) is 0 Å². The third-order valence-corrected chi connectivity index (χ3v) is 4.47. The molecule has 0 bridgehead atoms. The fraction of sp³-hybridized carbons (Fsp3) is 0.250. The van der Waals surface area contributed by atoms with E-state index in [0.29, 0.717) is 6.54 Å². The minimum atomic E-state index is 0.702. The Balaban J connectivity index is 2.13. The molecule has 6 heteroatoms. The van der Waals surface area contributed by atoms with Gasteiger partial charge in [0.1, 0.15) is 5.75 Å². The van der Waals surface area contributed by atoms with Gasteiger partial charge in [0.15, 0.2) is 0 Å². The molecule has 0 spiro atoms. The van der Waals surface area contributed by atoms with Gasteiger partial charge in [0, 0.05) is 15.9 Å². The van der Waals surface area contributed by atoms with Crippen LogP contribution in [0.4, 0.5) is 5.69 Å². The third-order valence-electron chi connectivity index (χ3n) is 2.37. The third kappa shape index (κ3) is 3.24. The van der Waals surface area contributed by atoms with E-state index in [9.17, 15) is 0 Å². The molecule has 2 aromatic rings. The molecule has 1 heterocycles. The van der Waals surface area contributed by atoms with E-state index in [-0.39, 0.29) is 0 Å². The first-order chi connectivity index (χ1) is 8.60. The summed E-state index contributed by atoms with van der Waals surface area (Å²) in [7, 11) is 1.65. The fourth-order valence-corrected chi connectivity index (χ4v) is 3.40. The van der Waals surface area contributed by atoms with Crippen molar-refractivity contribution < 1.29 is 4.74 Å². The number of nitrogens with one attached hydrogen (secondary N) is 1. The Hall–Kier alpha value is -0.590. The summed E-state index contributed by atoms with van der Waals surface area (Å²) in [5.41, 5.74) is 2.03. The highest BCUT2D eigenvalue weighted by atomic mass is 79.9. The van der Waals surface area contributed by atoms with Crippen molar-refractivity contribution in [3.05, 3.63) is 37.2 Å². The molecule has 1 aromatic heterocycles. The summed E-state index contributed by atoms with van der Waals surface area (Å²) in [6, 6.07) is 3.92. The topological polar surface area (TPSA) is 34.1 Å². The second kappa shape index (κ2) is 6.04. The number of thiazole rings is 1. The normalized spacial score (nSPS) is 10.4. The van der Waals surface area contributed by atoms with Crippen molar-refractivity contribution in [2.45, 2.75) is 13.5 Å². The summed E-state index contributed by atoms with van der Waals surface area (Å²) in [6.45, 7) is 2.71. The molecule has 1 N–H and O–H groups in total. The van der Waals surface area contributed by atoms with Crippen LogP contribution in [0.15, 0.2) is 26.5 Å². The second-order valence-electron chi connectivity index (χ2n) is 3.68. The Morgan fingerprint density at radius 1 is 1.33 bits per heavy atom. The van der Waals surface area contributed by atoms with Crippen molar-refractivity contribution >= 4 is 48.9 Å². The highest BCUT2D eigenvalue weighted by molar-refractivity contribution is 9.11. The van der Waals surface area contributed by atoms with Gasteiger partial charge in [0.05, 0.1) is 34.5 Å². The quantitative estimate of drug-likeness (QED) is 0.826. The van der Waals surface area contributed by atoms with E-state index in [4.69, 9.17) is 4.74 Å². The van der Waals surface area contributed by atoms with Gasteiger partial charge in [-0.15, -0.1) is 11.3 Å². The van der Waals surface area contributed by atoms with Gasteiger partial charge < -0.3 is 10.1 Å². The fourth-order valence-electron chi connectivity index (χ4n) is 1.50. The molecule has 0 fully saturated rings. The number of aromatic nitrogens is 1. The SMILES string of the molecule is COc1cc(NCc2csc(C)n2)c(Br)cc1Br. The summed E-state index contributed by atoms with van der Waals surface area (Å²) < 4.78 is 7.19. The van der Waals surface area contributed by atoms with Crippen LogP contribution in [0.25, 0.3) is 0 Å². The van der Waals surface area contributed by atoms with Gasteiger partial charge in [0.25, 0.3) is 0 Å². The zero-order valence-electron chi connectivity index (χ0n) is 9.96. The maximum atomic E-state index is 5.28. The number of anilines is 1. The first-order valence-electron chi connectivity index (χ1n) is 5.28. The molecule has 0 saturated carbocycles. The van der Waals surface area contributed by atoms with Crippen molar-refractivity contribution in [1.29, 1.82) is 0 Å². The Morgan fingerprint density at radius 3 is 2.72 bits per heavy atom. The Bertz CT molecular complexity index is 557. The van der Waals surface area contributed by atoms with Gasteiger partial charge >= 0.3 is 0 Å². The molecule has 0 atom stereocenters. The molecule has 0 saturated heterocycles. The number of methoxy groups -OCH3 is 1. The van der Waals surface area contributed by atoms with E-state index in [2.05, 4.69) is 47.5 Å². The van der Waals surface area contributed by atoms with E-state index in [1.807, 2.05) is 19.1 Å². The highest BCUT2D eigenvalue weighted by Crippen LogP contribution is 2.34. The van der Waals surface area contributed by atoms with Crippen LogP contribution >= 0.6 is 43.2 Å². The largest absolute Gasteiger partial charge is 0.495 e. The lowest BCUT2D eigenvalue weighted by molar-refractivity contribution is 0.412. The minimum absolute atomic E-state index is 0.702. The summed E-state index contributed by atoms with van der Waals surface area (Å²) in [5, 5.41) is 6.49. The maximum absolute atomic E-state index is 5.28. The van der Waals surface area contributed by atoms with Crippen LogP contribution in [-0.2, 0) is 6.54 Å². The summed E-state index contributed by atoms with van der Waals surface area (Å²) in [5.74, 6) is 0.801. The van der Waals surface area contributed by atoms with E-state index < -0.39 is 0 Å². The highest BCUT2D eigenvalue weighted by Gasteiger charge is 2.07. The number of benzene rings is 1. The van der Waals surface area contributed by atoms with Crippen molar-refractivity contribution in [1.82, 2.24) is 4.98 Å². The maximum Gasteiger partial charge on any atom is 0.135 e. The molecule has 3 nitrogen and oxygen atoms in total. The average Bonchev–Trinajstić information content (AvgIpc) is 2.74. The lowest BCUT2D eigenvalue weighted by Crippen LogP contribution is -2.01. The van der Waals surface area contributed by atoms with Crippen molar-refractivity contribution in [2.24, 2.45) is 0 Å². The van der Waals surface area contributed by atoms with Crippen LogP contribution < -0.4 is 10.1 Å². The summed E-state index contributed by atoms with van der Waals surface area (Å²) in [6.07, 6.45) is 0. The lowest BCUT2D eigenvalue weighted by atomic mass is 10.3. The monoisotopic (exact) mass is 390 g/mol. The van der Waals surface area contributed by atoms with Gasteiger partial charge in [-0.1, -0.05) is 0 Å². The van der Waals surface area contributed by atoms with Crippen molar-refractivity contribution in [3.63, 3.8) is 0 Å². The van der Waals surface area contributed by atoms with Crippen LogP contribution in [0.5, 0.6) is 5.75 Å². The predicted octanol–water partition coefficient (Wildman–Crippen LogP) is 4.60. The number of rotatable bonds is 4. The lowest BCUT2D eigenvalue weighted by Gasteiger charge is -2.11. The van der Waals surface area contributed by atoms with E-state index in [0.717, 1.165) is 31.1 Å². The second-order valence-corrected chi connectivity index (χ2v) is 6.45. The smallest absolute Gasteiger partial charge is 0.135 e. The summed E-state index contributed by atoms with van der Waals surface area (Å²) in [4.78, 5) is 4.42. The van der Waals surface area contributed by atoms with E-state index >= 15 is 0 Å². The van der Waals surface area contributed by atoms with Crippen molar-refractivity contribution in [2.75, 3.05) is 12.4 Å². The standard InChI is InChI=1S/C12H12Br2N2OS/c1-7-16-8(6-18-7)5-15-11-4-12(17-2)10(14)3-9(11)13/h3-4,6,15H,5H2,1-2H3. The molecule has 0 unspecified atom stereocenters. The van der Waals surface area contributed by atoms with Crippen LogP contribution in [0.3, 0.4) is 0 Å². The number of halogens is 2. The average molecular weight is 392 g/mol. The zero-order chi connectivity index (χ0) is 13.1. The molecule has 0 aliphatic carbocycles. The molecule has 0 aliphatic rings. The number of ether oxygens (including phenoxy) is 1. The number of nitrogens with zero attached hydrogens (tertiary/aromatic N) is 1. The molecular formula is C12H12Br2N2OS. The Morgan fingerprint density at radius 2 is 2.11 bits per heavy atom. The van der Waals surface area contributed by atoms with Crippen LogP contribution in [0.1, 0.15) is 10.7 Å². The Labute approximate surface area is 127 Å². The molecule has 96 valence electrons. The predicted molar refractivity (Wildman–Crippen MR) is 82.6 cm³/mol. The van der Waals surface area contributed by atoms with Crippen LogP contribution in [0, 0.1) is 6.92 Å². The molecule has 0 radical (unpaired) electrons. The molecular weight excluding hydrogens is 380 g/mol. The first kappa shape index (κ1) is 13.8. The minimum Gasteiger partial charge on any atom is -0.495 e. The van der Waals surface area contributed by atoms with E-state index in [1.165, 1.54) is 0 Å². The molecule has 1 aromatic carbocycles. The molecule has 2 rings (SSSR count). The van der Waals surface area contributed by atoms with Gasteiger partial charge in [-0.05, 0) is 44.8 Å². The first-order valence-corrected chi connectivity index (χ1v) is 7.74. The van der Waals surface area contributed by atoms with Crippen molar-refractivity contribution in [3.8, 4) is 5.75 Å². The van der Waals surface area contributed by atoms with Crippen LogP contribution in [0.2, 0.25) is 0 Å². The number of aryl methyl sites for hydroxylation is 1. The van der Waals surface area contributed by atoms with Gasteiger partial charge in [-0.2, -0.15) is 0 Å². The molecule has 18 heavy (non-hydrogen) atoms. The Kier molecular flexibility index (Phi) is 4.64. The molecule has 0 amide bonds. The molecule has 0 aliphatic heterocycles. The zero-order valence-corrected chi connectivity index (χ0v) is 13.9. The summed E-state index contributed by atoms with van der Waals surface area (Å²) >= 11 is 8.63.